The third-order valence-electron chi connectivity index (χ3n) is 2.34. The minimum absolute atomic E-state index is 0.120. The molecule has 0 radical (unpaired) electrons. The van der Waals surface area contributed by atoms with Gasteiger partial charge in [-0.3, -0.25) is 25.1 Å². The van der Waals surface area contributed by atoms with Crippen LogP contribution in [0, 0.1) is 0 Å². The van der Waals surface area contributed by atoms with Crippen LogP contribution in [0.1, 0.15) is 6.92 Å². The first kappa shape index (κ1) is 11.9. The van der Waals surface area contributed by atoms with Gasteiger partial charge in [0.25, 0.3) is 11.1 Å². The highest BCUT2D eigenvalue weighted by Gasteiger charge is 2.10. The van der Waals surface area contributed by atoms with E-state index in [1.54, 1.807) is 13.0 Å². The molecule has 0 bridgehead atoms. The van der Waals surface area contributed by atoms with Gasteiger partial charge in [-0.25, -0.2) is 4.79 Å². The van der Waals surface area contributed by atoms with Crippen LogP contribution < -0.4 is 16.4 Å². The van der Waals surface area contributed by atoms with Gasteiger partial charge in [0.2, 0.25) is 0 Å². The predicted molar refractivity (Wildman–Crippen MR) is 65.8 cm³/mol. The predicted octanol–water partition coefficient (Wildman–Crippen LogP) is 0.785. The maximum atomic E-state index is 11.7. The van der Waals surface area contributed by atoms with Gasteiger partial charge in [0.1, 0.15) is 0 Å². The van der Waals surface area contributed by atoms with Gasteiger partial charge in [-0.1, -0.05) is 6.07 Å². The first-order valence-corrected chi connectivity index (χ1v) is 5.31. The highest BCUT2D eigenvalue weighted by molar-refractivity contribution is 5.99. The van der Waals surface area contributed by atoms with Gasteiger partial charge in [0.05, 0.1) is 23.1 Å². The van der Waals surface area contributed by atoms with Crippen LogP contribution in [0.5, 0.6) is 0 Å². The van der Waals surface area contributed by atoms with Crippen LogP contribution in [0.2, 0.25) is 0 Å². The molecule has 3 N–H and O–H groups in total. The monoisotopic (exact) mass is 249 g/mol. The second kappa shape index (κ2) is 4.74. The molecule has 0 aliphatic rings. The van der Waals surface area contributed by atoms with Crippen molar-refractivity contribution in [2.24, 2.45) is 0 Å². The van der Waals surface area contributed by atoms with Crippen LogP contribution in [0.3, 0.4) is 0 Å². The fourth-order valence-corrected chi connectivity index (χ4v) is 1.61. The minimum atomic E-state index is -0.676. The van der Waals surface area contributed by atoms with Crippen LogP contribution >= 0.6 is 0 Å². The highest BCUT2D eigenvalue weighted by Crippen LogP contribution is 2.16. The minimum Gasteiger partial charge on any atom is -0.450 e. The summed E-state index contributed by atoms with van der Waals surface area (Å²) in [6.45, 7) is 1.88. The van der Waals surface area contributed by atoms with Crippen LogP contribution in [0.4, 0.5) is 10.5 Å². The molecular weight excluding hydrogens is 238 g/mol. The van der Waals surface area contributed by atoms with Crippen LogP contribution in [-0.2, 0) is 4.74 Å². The lowest BCUT2D eigenvalue weighted by Crippen LogP contribution is -2.21. The zero-order valence-corrected chi connectivity index (χ0v) is 9.57. The number of rotatable bonds is 2. The Bertz CT molecular complexity index is 701. The molecule has 0 saturated heterocycles. The Balaban J connectivity index is 2.58. The van der Waals surface area contributed by atoms with Gasteiger partial charge in [-0.15, -0.1) is 0 Å². The standard InChI is InChI=1S/C11H11N3O4/c1-2-18-11(17)12-7-5-3-4-6-8(7)10(16)14-13-9(6)15/h3-5H,2H2,1H3,(H,12,17)(H,13,15)(H,14,16). The Morgan fingerprint density at radius 1 is 1.28 bits per heavy atom. The van der Waals surface area contributed by atoms with E-state index in [0.717, 1.165) is 0 Å². The van der Waals surface area contributed by atoms with Crippen molar-refractivity contribution in [3.05, 3.63) is 38.9 Å². The molecule has 1 amide bonds. The number of benzene rings is 1. The van der Waals surface area contributed by atoms with Gasteiger partial charge in [-0.2, -0.15) is 0 Å². The summed E-state index contributed by atoms with van der Waals surface area (Å²) in [5.74, 6) is 0. The molecule has 0 aliphatic carbocycles. The Morgan fingerprint density at radius 3 is 2.72 bits per heavy atom. The largest absolute Gasteiger partial charge is 0.450 e. The van der Waals surface area contributed by atoms with E-state index < -0.39 is 17.2 Å². The molecule has 0 atom stereocenters. The molecule has 0 spiro atoms. The topological polar surface area (TPSA) is 104 Å². The Hall–Kier alpha value is -2.57. The number of hydrogen-bond acceptors (Lipinski definition) is 4. The van der Waals surface area contributed by atoms with E-state index in [0.29, 0.717) is 0 Å². The van der Waals surface area contributed by atoms with Gasteiger partial charge >= 0.3 is 6.09 Å². The van der Waals surface area contributed by atoms with Crippen molar-refractivity contribution in [2.45, 2.75) is 6.92 Å². The molecule has 7 heteroatoms. The first-order chi connectivity index (χ1) is 8.63. The lowest BCUT2D eigenvalue weighted by Gasteiger charge is -2.07. The van der Waals surface area contributed by atoms with E-state index in [4.69, 9.17) is 4.74 Å². The summed E-state index contributed by atoms with van der Waals surface area (Å²) in [6, 6.07) is 4.59. The fourth-order valence-electron chi connectivity index (χ4n) is 1.61. The summed E-state index contributed by atoms with van der Waals surface area (Å²) in [5.41, 5.74) is -0.688. The number of carbonyl (C=O) groups excluding carboxylic acids is 1. The molecule has 0 aliphatic heterocycles. The summed E-state index contributed by atoms with van der Waals surface area (Å²) in [6.07, 6.45) is -0.676. The van der Waals surface area contributed by atoms with Crippen molar-refractivity contribution < 1.29 is 9.53 Å². The second-order valence-electron chi connectivity index (χ2n) is 3.48. The third-order valence-corrected chi connectivity index (χ3v) is 2.34. The van der Waals surface area contributed by atoms with E-state index >= 15 is 0 Å². The first-order valence-electron chi connectivity index (χ1n) is 5.31. The number of carbonyl (C=O) groups is 1. The molecule has 0 fully saturated rings. The molecule has 0 unspecified atom stereocenters. The summed E-state index contributed by atoms with van der Waals surface area (Å²) in [5, 5.41) is 7.16. The normalized spacial score (nSPS) is 10.3. The number of ether oxygens (including phenoxy) is 1. The SMILES string of the molecule is CCOC(=O)Nc1cccc2c(=O)[nH][nH]c(=O)c12. The maximum Gasteiger partial charge on any atom is 0.411 e. The molecule has 94 valence electrons. The maximum absolute atomic E-state index is 11.7. The Kier molecular flexibility index (Phi) is 3.13. The molecule has 1 heterocycles. The number of aromatic amines is 2. The average molecular weight is 249 g/mol. The van der Waals surface area contributed by atoms with Crippen molar-refractivity contribution in [1.29, 1.82) is 0 Å². The number of anilines is 1. The molecule has 2 rings (SSSR count). The molecule has 0 saturated carbocycles. The number of H-pyrrole nitrogens is 2. The second-order valence-corrected chi connectivity index (χ2v) is 3.48. The molecule has 7 nitrogen and oxygen atoms in total. The van der Waals surface area contributed by atoms with Gasteiger partial charge < -0.3 is 4.74 Å². The average Bonchev–Trinajstić information content (AvgIpc) is 2.34. The zero-order valence-electron chi connectivity index (χ0n) is 9.57. The Labute approximate surface area is 101 Å². The van der Waals surface area contributed by atoms with Crippen molar-refractivity contribution >= 4 is 22.6 Å². The van der Waals surface area contributed by atoms with Gasteiger partial charge in [-0.05, 0) is 19.1 Å². The number of fused-ring (bicyclic) bond motifs is 1. The van der Waals surface area contributed by atoms with Crippen molar-refractivity contribution in [2.75, 3.05) is 11.9 Å². The van der Waals surface area contributed by atoms with E-state index in [-0.39, 0.29) is 23.1 Å². The van der Waals surface area contributed by atoms with Gasteiger partial charge in [0.15, 0.2) is 0 Å². The molecule has 2 aromatic rings. The number of nitrogens with one attached hydrogen (secondary N) is 3. The smallest absolute Gasteiger partial charge is 0.411 e. The van der Waals surface area contributed by atoms with E-state index in [1.807, 2.05) is 0 Å². The van der Waals surface area contributed by atoms with Gasteiger partial charge in [0, 0.05) is 0 Å². The van der Waals surface area contributed by atoms with Crippen LogP contribution in [0.15, 0.2) is 27.8 Å². The van der Waals surface area contributed by atoms with Crippen molar-refractivity contribution in [1.82, 2.24) is 10.2 Å². The van der Waals surface area contributed by atoms with Crippen molar-refractivity contribution in [3.8, 4) is 0 Å². The van der Waals surface area contributed by atoms with Crippen LogP contribution in [0.25, 0.3) is 10.8 Å². The fraction of sp³-hybridized carbons (Fsp3) is 0.182. The highest BCUT2D eigenvalue weighted by atomic mass is 16.5. The lowest BCUT2D eigenvalue weighted by molar-refractivity contribution is 0.168. The quantitative estimate of drug-likeness (QED) is 0.731. The lowest BCUT2D eigenvalue weighted by atomic mass is 10.1. The summed E-state index contributed by atoms with van der Waals surface area (Å²) in [4.78, 5) is 34.5. The zero-order chi connectivity index (χ0) is 13.1. The van der Waals surface area contributed by atoms with Crippen LogP contribution in [-0.4, -0.2) is 22.9 Å². The summed E-state index contributed by atoms with van der Waals surface area (Å²) < 4.78 is 4.72. The van der Waals surface area contributed by atoms with Crippen molar-refractivity contribution in [3.63, 3.8) is 0 Å². The molecular formula is C11H11N3O4. The molecule has 1 aromatic carbocycles. The van der Waals surface area contributed by atoms with E-state index in [9.17, 15) is 14.4 Å². The third kappa shape index (κ3) is 2.10. The molecule has 1 aromatic heterocycles. The number of hydrogen-bond donors (Lipinski definition) is 3. The molecule has 18 heavy (non-hydrogen) atoms. The summed E-state index contributed by atoms with van der Waals surface area (Å²) in [7, 11) is 0. The summed E-state index contributed by atoms with van der Waals surface area (Å²) >= 11 is 0. The Morgan fingerprint density at radius 2 is 2.00 bits per heavy atom. The number of amides is 1. The van der Waals surface area contributed by atoms with E-state index in [2.05, 4.69) is 15.5 Å². The number of aromatic nitrogens is 2. The van der Waals surface area contributed by atoms with E-state index in [1.165, 1.54) is 12.1 Å².